The summed E-state index contributed by atoms with van der Waals surface area (Å²) in [7, 11) is 0. The summed E-state index contributed by atoms with van der Waals surface area (Å²) in [6, 6.07) is 7.10. The second-order valence-corrected chi connectivity index (χ2v) is 4.14. The van der Waals surface area contributed by atoms with Crippen molar-refractivity contribution in [3.8, 4) is 0 Å². The number of Topliss-reactive ketones (excluding diaryl/α,β-unsaturated/α-hetero) is 2. The first-order chi connectivity index (χ1) is 7.68. The summed E-state index contributed by atoms with van der Waals surface area (Å²) in [6.45, 7) is 1.90. The highest BCUT2D eigenvalue weighted by atomic mass is 16.5. The highest BCUT2D eigenvalue weighted by molar-refractivity contribution is 6.52. The average Bonchev–Trinajstić information content (AvgIpc) is 2.68. The molecule has 0 fully saturated rings. The molecule has 0 bridgehead atoms. The van der Waals surface area contributed by atoms with Gasteiger partial charge in [0.2, 0.25) is 11.6 Å². The predicted octanol–water partition coefficient (Wildman–Crippen LogP) is 1.97. The lowest BCUT2D eigenvalue weighted by Crippen LogP contribution is -2.22. The monoisotopic (exact) mass is 214 g/mol. The van der Waals surface area contributed by atoms with E-state index in [9.17, 15) is 9.59 Å². The van der Waals surface area contributed by atoms with Gasteiger partial charge in [0.05, 0.1) is 0 Å². The second-order valence-electron chi connectivity index (χ2n) is 4.14. The van der Waals surface area contributed by atoms with E-state index in [-0.39, 0.29) is 6.10 Å². The van der Waals surface area contributed by atoms with Crippen molar-refractivity contribution >= 4 is 17.3 Å². The normalized spacial score (nSPS) is 22.9. The number of ketones is 2. The molecule has 0 saturated heterocycles. The summed E-state index contributed by atoms with van der Waals surface area (Å²) in [5.41, 5.74) is 1.75. The third kappa shape index (κ3) is 1.08. The van der Waals surface area contributed by atoms with Crippen LogP contribution in [0.5, 0.6) is 0 Å². The summed E-state index contributed by atoms with van der Waals surface area (Å²) in [5, 5.41) is 0. The van der Waals surface area contributed by atoms with Gasteiger partial charge in [-0.1, -0.05) is 24.3 Å². The Balaban J connectivity index is 2.26. The standard InChI is InChI=1S/C13H10O3/c1-7-6-10-12(15)11(14)8-4-2-3-5-9(8)13(10)16-7/h2-5,7H,6H2,1H3/t7-/m1/s1. The molecule has 3 heteroatoms. The van der Waals surface area contributed by atoms with Crippen molar-refractivity contribution in [2.75, 3.05) is 0 Å². The van der Waals surface area contributed by atoms with E-state index in [0.717, 1.165) is 5.56 Å². The minimum absolute atomic E-state index is 0.0205. The lowest BCUT2D eigenvalue weighted by atomic mass is 9.88. The minimum atomic E-state index is -0.410. The van der Waals surface area contributed by atoms with Crippen LogP contribution in [0, 0.1) is 0 Å². The van der Waals surface area contributed by atoms with E-state index in [1.807, 2.05) is 19.1 Å². The van der Waals surface area contributed by atoms with Crippen LogP contribution < -0.4 is 0 Å². The van der Waals surface area contributed by atoms with Crippen LogP contribution in [0.1, 0.15) is 29.3 Å². The average molecular weight is 214 g/mol. The van der Waals surface area contributed by atoms with E-state index in [2.05, 4.69) is 0 Å². The smallest absolute Gasteiger partial charge is 0.234 e. The largest absolute Gasteiger partial charge is 0.489 e. The Morgan fingerprint density at radius 2 is 1.81 bits per heavy atom. The van der Waals surface area contributed by atoms with Crippen molar-refractivity contribution in [3.63, 3.8) is 0 Å². The number of ether oxygens (including phenoxy) is 1. The molecule has 0 radical (unpaired) electrons. The zero-order valence-electron chi connectivity index (χ0n) is 8.82. The zero-order valence-corrected chi connectivity index (χ0v) is 8.82. The number of fused-ring (bicyclic) bond motifs is 2. The van der Waals surface area contributed by atoms with Gasteiger partial charge in [0, 0.05) is 23.1 Å². The molecule has 0 aromatic heterocycles. The Hall–Kier alpha value is -1.90. The van der Waals surface area contributed by atoms with Gasteiger partial charge in [0.25, 0.3) is 0 Å². The van der Waals surface area contributed by atoms with E-state index in [0.29, 0.717) is 23.3 Å². The zero-order chi connectivity index (χ0) is 11.3. The molecule has 0 amide bonds. The minimum Gasteiger partial charge on any atom is -0.489 e. The van der Waals surface area contributed by atoms with Crippen LogP contribution in [0.2, 0.25) is 0 Å². The predicted molar refractivity (Wildman–Crippen MR) is 57.9 cm³/mol. The molecule has 0 spiro atoms. The number of carbonyl (C=O) groups is 2. The highest BCUT2D eigenvalue weighted by Gasteiger charge is 2.38. The molecule has 0 N–H and O–H groups in total. The molecule has 2 aliphatic rings. The van der Waals surface area contributed by atoms with Crippen molar-refractivity contribution in [2.24, 2.45) is 0 Å². The Labute approximate surface area is 92.7 Å². The van der Waals surface area contributed by atoms with Crippen LogP contribution in [-0.2, 0) is 9.53 Å². The van der Waals surface area contributed by atoms with Gasteiger partial charge in [-0.3, -0.25) is 9.59 Å². The van der Waals surface area contributed by atoms with E-state index < -0.39 is 11.6 Å². The number of hydrogen-bond acceptors (Lipinski definition) is 3. The Morgan fingerprint density at radius 1 is 1.12 bits per heavy atom. The van der Waals surface area contributed by atoms with Crippen molar-refractivity contribution in [1.29, 1.82) is 0 Å². The van der Waals surface area contributed by atoms with E-state index in [1.165, 1.54) is 0 Å². The van der Waals surface area contributed by atoms with Crippen molar-refractivity contribution in [2.45, 2.75) is 19.4 Å². The SMILES string of the molecule is C[C@@H]1CC2=C(O1)c1ccccc1C(=O)C2=O. The molecule has 0 saturated carbocycles. The van der Waals surface area contributed by atoms with Crippen LogP contribution in [0.15, 0.2) is 29.8 Å². The van der Waals surface area contributed by atoms with Crippen molar-refractivity contribution < 1.29 is 14.3 Å². The van der Waals surface area contributed by atoms with Crippen LogP contribution in [0.25, 0.3) is 5.76 Å². The Morgan fingerprint density at radius 3 is 2.56 bits per heavy atom. The lowest BCUT2D eigenvalue weighted by molar-refractivity contribution is -0.112. The summed E-state index contributed by atoms with van der Waals surface area (Å²) >= 11 is 0. The van der Waals surface area contributed by atoms with Crippen molar-refractivity contribution in [3.05, 3.63) is 41.0 Å². The van der Waals surface area contributed by atoms with E-state index in [1.54, 1.807) is 12.1 Å². The number of carbonyl (C=O) groups excluding carboxylic acids is 2. The maximum atomic E-state index is 11.8. The van der Waals surface area contributed by atoms with Crippen LogP contribution in [0.3, 0.4) is 0 Å². The maximum absolute atomic E-state index is 11.8. The summed E-state index contributed by atoms with van der Waals surface area (Å²) in [6.07, 6.45) is 0.515. The van der Waals surface area contributed by atoms with Gasteiger partial charge in [-0.15, -0.1) is 0 Å². The Bertz CT molecular complexity index is 540. The molecule has 3 nitrogen and oxygen atoms in total. The van der Waals surface area contributed by atoms with E-state index in [4.69, 9.17) is 4.74 Å². The van der Waals surface area contributed by atoms with Crippen LogP contribution >= 0.6 is 0 Å². The fourth-order valence-corrected chi connectivity index (χ4v) is 2.25. The summed E-state index contributed by atoms with van der Waals surface area (Å²) in [5.74, 6) is -0.210. The number of hydrogen-bond donors (Lipinski definition) is 0. The van der Waals surface area contributed by atoms with Crippen LogP contribution in [-0.4, -0.2) is 17.7 Å². The summed E-state index contributed by atoms with van der Waals surface area (Å²) < 4.78 is 5.62. The molecule has 1 aliphatic heterocycles. The second kappa shape index (κ2) is 3.04. The quantitative estimate of drug-likeness (QED) is 0.620. The van der Waals surface area contributed by atoms with E-state index >= 15 is 0 Å². The molecule has 80 valence electrons. The lowest BCUT2D eigenvalue weighted by Gasteiger charge is -2.15. The fraction of sp³-hybridized carbons (Fsp3) is 0.231. The third-order valence-electron chi connectivity index (χ3n) is 2.98. The molecule has 0 unspecified atom stereocenters. The fourth-order valence-electron chi connectivity index (χ4n) is 2.25. The van der Waals surface area contributed by atoms with Gasteiger partial charge in [0.15, 0.2) is 0 Å². The summed E-state index contributed by atoms with van der Waals surface area (Å²) in [4.78, 5) is 23.7. The number of benzene rings is 1. The van der Waals surface area contributed by atoms with Gasteiger partial charge >= 0.3 is 0 Å². The van der Waals surface area contributed by atoms with Gasteiger partial charge in [0.1, 0.15) is 11.9 Å². The van der Waals surface area contributed by atoms with Gasteiger partial charge < -0.3 is 4.74 Å². The van der Waals surface area contributed by atoms with Gasteiger partial charge in [-0.2, -0.15) is 0 Å². The molecule has 1 aromatic carbocycles. The molecule has 3 rings (SSSR count). The number of rotatable bonds is 0. The molecule has 16 heavy (non-hydrogen) atoms. The first kappa shape index (κ1) is 9.33. The van der Waals surface area contributed by atoms with Gasteiger partial charge in [-0.25, -0.2) is 0 Å². The first-order valence-corrected chi connectivity index (χ1v) is 5.26. The van der Waals surface area contributed by atoms with Gasteiger partial charge in [-0.05, 0) is 6.92 Å². The van der Waals surface area contributed by atoms with Crippen molar-refractivity contribution in [1.82, 2.24) is 0 Å². The highest BCUT2D eigenvalue weighted by Crippen LogP contribution is 2.38. The first-order valence-electron chi connectivity index (χ1n) is 5.26. The van der Waals surface area contributed by atoms with Crippen LogP contribution in [0.4, 0.5) is 0 Å². The molecular formula is C13H10O3. The maximum Gasteiger partial charge on any atom is 0.234 e. The molecule has 1 heterocycles. The molecule has 1 aliphatic carbocycles. The molecular weight excluding hydrogens is 204 g/mol. The molecule has 1 aromatic rings. The third-order valence-corrected chi connectivity index (χ3v) is 2.98. The Kier molecular flexibility index (Phi) is 1.78. The molecule has 1 atom stereocenters. The topological polar surface area (TPSA) is 43.4 Å².